The van der Waals surface area contributed by atoms with Gasteiger partial charge in [-0.1, -0.05) is 18.2 Å². The molecule has 11 heteroatoms. The molecule has 0 spiro atoms. The third-order valence-corrected chi connectivity index (χ3v) is 7.89. The summed E-state index contributed by atoms with van der Waals surface area (Å²) in [6, 6.07) is 24.3. The maximum absolute atomic E-state index is 6.09. The lowest BCUT2D eigenvalue weighted by Gasteiger charge is -2.37. The number of para-hydroxylation sites is 1. The first-order chi connectivity index (χ1) is 19.1. The van der Waals surface area contributed by atoms with Gasteiger partial charge in [-0.25, -0.2) is 0 Å². The number of anilines is 4. The summed E-state index contributed by atoms with van der Waals surface area (Å²) < 4.78 is 8.73. The van der Waals surface area contributed by atoms with Crippen molar-refractivity contribution in [2.45, 2.75) is 4.90 Å². The number of nitrogens with two attached hydrogens (primary N) is 1. The molecule has 5 aromatic rings. The first-order valence-electron chi connectivity index (χ1n) is 12.6. The Morgan fingerprint density at radius 3 is 2.49 bits per heavy atom. The summed E-state index contributed by atoms with van der Waals surface area (Å²) in [5.41, 5.74) is 9.79. The quantitative estimate of drug-likeness (QED) is 0.162. The van der Waals surface area contributed by atoms with E-state index < -0.39 is 0 Å². The summed E-state index contributed by atoms with van der Waals surface area (Å²) in [4.78, 5) is 18.0. The van der Waals surface area contributed by atoms with Crippen LogP contribution in [0.5, 0.6) is 5.75 Å². The van der Waals surface area contributed by atoms with E-state index in [1.807, 2.05) is 60.7 Å². The molecule has 0 amide bonds. The van der Waals surface area contributed by atoms with Crippen molar-refractivity contribution in [3.8, 4) is 5.75 Å². The third-order valence-electron chi connectivity index (χ3n) is 6.69. The Hall–Kier alpha value is -4.22. The molecule has 1 saturated heterocycles. The number of piperazine rings is 1. The topological polar surface area (TPSA) is 107 Å². The first-order valence-corrected chi connectivity index (χ1v) is 13.8. The highest BCUT2D eigenvalue weighted by atomic mass is 32.2. The largest absolute Gasteiger partial charge is 0.497 e. The molecule has 1 aliphatic heterocycles. The van der Waals surface area contributed by atoms with Crippen LogP contribution in [0.4, 0.5) is 23.1 Å². The molecule has 2 aromatic heterocycles. The molecule has 0 unspecified atom stereocenters. The summed E-state index contributed by atoms with van der Waals surface area (Å²) in [5.74, 6) is 1.87. The highest BCUT2D eigenvalue weighted by molar-refractivity contribution is 8.00. The lowest BCUT2D eigenvalue weighted by molar-refractivity contribution is 0.390. The summed E-state index contributed by atoms with van der Waals surface area (Å²) in [7, 11) is 1.66. The van der Waals surface area contributed by atoms with E-state index in [9.17, 15) is 0 Å². The summed E-state index contributed by atoms with van der Waals surface area (Å²) >= 11 is 7.32. The lowest BCUT2D eigenvalue weighted by Crippen LogP contribution is -2.50. The van der Waals surface area contributed by atoms with Gasteiger partial charge in [-0.15, -0.1) is 0 Å². The van der Waals surface area contributed by atoms with E-state index in [-0.39, 0.29) is 5.95 Å². The van der Waals surface area contributed by atoms with Gasteiger partial charge in [0.25, 0.3) is 0 Å². The number of fused-ring (bicyclic) bond motifs is 3. The van der Waals surface area contributed by atoms with Crippen molar-refractivity contribution in [3.05, 3.63) is 72.8 Å². The predicted octanol–water partition coefficient (Wildman–Crippen LogP) is 5.34. The standard InChI is InChI=1S/C28H28N8OS2/c1-37-20-9-12-22-23(17-20)31-25-24(22)26(33-27(29)32-25)35-13-15-36(16-14-35)28(38)30-18-7-10-21(11-8-18)39-34-19-5-3-2-4-6-19/h2-12,17,34H,13-16H2,1H3,(H,30,38)(H3,29,31,32,33). The van der Waals surface area contributed by atoms with Crippen LogP contribution in [0.25, 0.3) is 21.9 Å². The zero-order valence-corrected chi connectivity index (χ0v) is 23.0. The van der Waals surface area contributed by atoms with E-state index in [1.165, 1.54) is 0 Å². The molecule has 1 aliphatic rings. The van der Waals surface area contributed by atoms with E-state index in [4.69, 9.17) is 22.7 Å². The smallest absolute Gasteiger partial charge is 0.223 e. The van der Waals surface area contributed by atoms with Crippen LogP contribution in [0.3, 0.4) is 0 Å². The number of aromatic nitrogens is 3. The van der Waals surface area contributed by atoms with Gasteiger partial charge in [-0.05, 0) is 72.7 Å². The molecule has 0 bridgehead atoms. The highest BCUT2D eigenvalue weighted by Crippen LogP contribution is 2.34. The third kappa shape index (κ3) is 5.36. The number of hydrogen-bond donors (Lipinski definition) is 4. The van der Waals surface area contributed by atoms with E-state index in [2.05, 4.69) is 46.9 Å². The highest BCUT2D eigenvalue weighted by Gasteiger charge is 2.24. The van der Waals surface area contributed by atoms with Crippen molar-refractivity contribution >= 4 is 74.4 Å². The van der Waals surface area contributed by atoms with E-state index in [0.717, 1.165) is 76.0 Å². The first kappa shape index (κ1) is 25.1. The van der Waals surface area contributed by atoms with Gasteiger partial charge in [0.1, 0.15) is 17.2 Å². The summed E-state index contributed by atoms with van der Waals surface area (Å²) in [5, 5.41) is 6.11. The van der Waals surface area contributed by atoms with Crippen LogP contribution in [0, 0.1) is 0 Å². The number of H-pyrrole nitrogens is 1. The molecule has 0 radical (unpaired) electrons. The number of benzene rings is 3. The van der Waals surface area contributed by atoms with Crippen molar-refractivity contribution in [2.24, 2.45) is 0 Å². The number of methoxy groups -OCH3 is 1. The second-order valence-corrected chi connectivity index (χ2v) is 10.4. The van der Waals surface area contributed by atoms with E-state index in [0.29, 0.717) is 5.11 Å². The zero-order valence-electron chi connectivity index (χ0n) is 21.3. The maximum atomic E-state index is 6.09. The fraction of sp³-hybridized carbons (Fsp3) is 0.179. The molecule has 3 aromatic carbocycles. The molecule has 0 atom stereocenters. The van der Waals surface area contributed by atoms with Crippen LogP contribution in [0.15, 0.2) is 77.7 Å². The zero-order chi connectivity index (χ0) is 26.8. The molecular formula is C28H28N8OS2. The SMILES string of the molecule is COc1ccc2c(c1)[nH]c1nc(N)nc(N3CCN(C(=S)Nc4ccc(SNc5ccccc5)cc4)CC3)c12. The normalized spacial score (nSPS) is 13.6. The molecule has 3 heterocycles. The number of rotatable bonds is 6. The summed E-state index contributed by atoms with van der Waals surface area (Å²) in [6.07, 6.45) is 0. The fourth-order valence-electron chi connectivity index (χ4n) is 4.69. The van der Waals surface area contributed by atoms with Gasteiger partial charge in [0, 0.05) is 53.9 Å². The Morgan fingerprint density at radius 1 is 0.974 bits per heavy atom. The van der Waals surface area contributed by atoms with Crippen LogP contribution in [-0.4, -0.2) is 58.3 Å². The van der Waals surface area contributed by atoms with Crippen LogP contribution >= 0.6 is 24.2 Å². The second kappa shape index (κ2) is 10.9. The minimum absolute atomic E-state index is 0.246. The molecule has 0 aliphatic carbocycles. The Kier molecular flexibility index (Phi) is 6.99. The molecule has 198 valence electrons. The minimum Gasteiger partial charge on any atom is -0.497 e. The molecule has 0 saturated carbocycles. The number of aromatic amines is 1. The van der Waals surface area contributed by atoms with Gasteiger partial charge in [-0.2, -0.15) is 9.97 Å². The number of nitrogen functional groups attached to an aromatic ring is 1. The Bertz CT molecular complexity index is 1620. The average Bonchev–Trinajstić information content (AvgIpc) is 3.34. The van der Waals surface area contributed by atoms with Gasteiger partial charge in [0.05, 0.1) is 18.0 Å². The molecule has 39 heavy (non-hydrogen) atoms. The minimum atomic E-state index is 0.246. The van der Waals surface area contributed by atoms with E-state index in [1.54, 1.807) is 19.1 Å². The Balaban J connectivity index is 1.10. The van der Waals surface area contributed by atoms with Gasteiger partial charge in [-0.3, -0.25) is 0 Å². The van der Waals surface area contributed by atoms with Crippen LogP contribution in [0.2, 0.25) is 0 Å². The van der Waals surface area contributed by atoms with Gasteiger partial charge in [0.2, 0.25) is 5.95 Å². The second-order valence-electron chi connectivity index (χ2n) is 9.16. The van der Waals surface area contributed by atoms with Crippen molar-refractivity contribution in [2.75, 3.05) is 54.0 Å². The molecule has 9 nitrogen and oxygen atoms in total. The fourth-order valence-corrected chi connectivity index (χ4v) is 5.63. The Labute approximate surface area is 235 Å². The van der Waals surface area contributed by atoms with Crippen LogP contribution in [-0.2, 0) is 0 Å². The van der Waals surface area contributed by atoms with Crippen molar-refractivity contribution in [1.82, 2.24) is 19.9 Å². The number of hydrogen-bond acceptors (Lipinski definition) is 8. The Morgan fingerprint density at radius 2 is 1.74 bits per heavy atom. The monoisotopic (exact) mass is 556 g/mol. The van der Waals surface area contributed by atoms with Crippen molar-refractivity contribution < 1.29 is 4.74 Å². The molecule has 1 fully saturated rings. The van der Waals surface area contributed by atoms with Gasteiger partial charge in [0.15, 0.2) is 5.11 Å². The van der Waals surface area contributed by atoms with Crippen LogP contribution < -0.4 is 25.4 Å². The molecular weight excluding hydrogens is 528 g/mol. The van der Waals surface area contributed by atoms with Gasteiger partial charge >= 0.3 is 0 Å². The maximum Gasteiger partial charge on any atom is 0.223 e. The molecule has 6 rings (SSSR count). The number of thiocarbonyl (C=S) groups is 1. The number of nitrogens with one attached hydrogen (secondary N) is 3. The average molecular weight is 557 g/mol. The molecule has 5 N–H and O–H groups in total. The predicted molar refractivity (Wildman–Crippen MR) is 165 cm³/mol. The van der Waals surface area contributed by atoms with Crippen LogP contribution in [0.1, 0.15) is 0 Å². The summed E-state index contributed by atoms with van der Waals surface area (Å²) in [6.45, 7) is 3.05. The number of nitrogens with zero attached hydrogens (tertiary/aromatic N) is 4. The lowest BCUT2D eigenvalue weighted by atomic mass is 10.2. The van der Waals surface area contributed by atoms with Crippen molar-refractivity contribution in [3.63, 3.8) is 0 Å². The number of ether oxygens (including phenoxy) is 1. The van der Waals surface area contributed by atoms with Crippen molar-refractivity contribution in [1.29, 1.82) is 0 Å². The van der Waals surface area contributed by atoms with E-state index >= 15 is 0 Å². The van der Waals surface area contributed by atoms with Gasteiger partial charge < -0.3 is 35.3 Å².